The van der Waals surface area contributed by atoms with Crippen LogP contribution in [0.4, 0.5) is 5.69 Å². The van der Waals surface area contributed by atoms with Crippen LogP contribution in [0.3, 0.4) is 0 Å². The first-order valence-electron chi connectivity index (χ1n) is 4.60. The van der Waals surface area contributed by atoms with E-state index < -0.39 is 0 Å². The second kappa shape index (κ2) is 3.50. The molecule has 0 unspecified atom stereocenters. The van der Waals surface area contributed by atoms with Crippen molar-refractivity contribution < 1.29 is 4.74 Å². The zero-order chi connectivity index (χ0) is 10.1. The molecular weight excluding hydrogens is 194 g/mol. The molecule has 0 aliphatic carbocycles. The van der Waals surface area contributed by atoms with Gasteiger partial charge in [-0.15, -0.1) is 0 Å². The van der Waals surface area contributed by atoms with Crippen LogP contribution in [-0.2, 0) is 6.42 Å². The molecule has 74 valence electrons. The quantitative estimate of drug-likeness (QED) is 0.768. The van der Waals surface area contributed by atoms with Gasteiger partial charge in [-0.25, -0.2) is 0 Å². The molecule has 1 aromatic carbocycles. The molecule has 0 saturated carbocycles. The number of benzene rings is 1. The average Bonchev–Trinajstić information content (AvgIpc) is 2.59. The lowest BCUT2D eigenvalue weighted by Gasteiger charge is -2.00. The molecule has 0 radical (unpaired) electrons. The van der Waals surface area contributed by atoms with Crippen molar-refractivity contribution in [3.05, 3.63) is 23.8 Å². The summed E-state index contributed by atoms with van der Waals surface area (Å²) in [6.45, 7) is 2.14. The van der Waals surface area contributed by atoms with Gasteiger partial charge in [0.1, 0.15) is 0 Å². The molecule has 1 heterocycles. The molecule has 2 N–H and O–H groups in total. The van der Waals surface area contributed by atoms with Crippen LogP contribution in [0.5, 0.6) is 5.06 Å². The SMILES string of the molecule is CCc1cc(N)cc2cc(OC)sc12. The Morgan fingerprint density at radius 2 is 2.14 bits per heavy atom. The number of hydrogen-bond donors (Lipinski definition) is 1. The fraction of sp³-hybridized carbons (Fsp3) is 0.273. The number of rotatable bonds is 2. The number of thiophene rings is 1. The molecule has 0 amide bonds. The number of anilines is 1. The summed E-state index contributed by atoms with van der Waals surface area (Å²) in [6.07, 6.45) is 1.01. The van der Waals surface area contributed by atoms with Crippen molar-refractivity contribution in [2.45, 2.75) is 13.3 Å². The van der Waals surface area contributed by atoms with Crippen LogP contribution >= 0.6 is 11.3 Å². The highest BCUT2D eigenvalue weighted by molar-refractivity contribution is 7.21. The Morgan fingerprint density at radius 3 is 2.79 bits per heavy atom. The maximum Gasteiger partial charge on any atom is 0.174 e. The van der Waals surface area contributed by atoms with Crippen LogP contribution in [-0.4, -0.2) is 7.11 Å². The number of nitrogens with two attached hydrogens (primary N) is 1. The van der Waals surface area contributed by atoms with Gasteiger partial charge in [0, 0.05) is 10.4 Å². The van der Waals surface area contributed by atoms with Crippen LogP contribution < -0.4 is 10.5 Å². The number of ether oxygens (including phenoxy) is 1. The first kappa shape index (κ1) is 9.34. The van der Waals surface area contributed by atoms with Gasteiger partial charge in [0.05, 0.1) is 7.11 Å². The Morgan fingerprint density at radius 1 is 1.36 bits per heavy atom. The van der Waals surface area contributed by atoms with E-state index in [1.54, 1.807) is 18.4 Å². The van der Waals surface area contributed by atoms with E-state index in [0.29, 0.717) is 0 Å². The first-order valence-corrected chi connectivity index (χ1v) is 5.42. The minimum absolute atomic E-state index is 0.829. The second-order valence-corrected chi connectivity index (χ2v) is 4.24. The highest BCUT2D eigenvalue weighted by Gasteiger charge is 2.06. The van der Waals surface area contributed by atoms with Gasteiger partial charge in [-0.2, -0.15) is 0 Å². The molecule has 2 nitrogen and oxygen atoms in total. The van der Waals surface area contributed by atoms with Crippen molar-refractivity contribution in [2.75, 3.05) is 12.8 Å². The molecule has 2 rings (SSSR count). The predicted octanol–water partition coefficient (Wildman–Crippen LogP) is 3.05. The van der Waals surface area contributed by atoms with Gasteiger partial charge in [0.25, 0.3) is 0 Å². The monoisotopic (exact) mass is 207 g/mol. The smallest absolute Gasteiger partial charge is 0.174 e. The van der Waals surface area contributed by atoms with Gasteiger partial charge in [0.2, 0.25) is 0 Å². The summed E-state index contributed by atoms with van der Waals surface area (Å²) in [4.78, 5) is 0. The standard InChI is InChI=1S/C11H13NOS/c1-3-7-4-9(12)5-8-6-10(13-2)14-11(7)8/h4-6H,3,12H2,1-2H3. The molecule has 0 saturated heterocycles. The van der Waals surface area contributed by atoms with Gasteiger partial charge in [-0.1, -0.05) is 18.3 Å². The summed E-state index contributed by atoms with van der Waals surface area (Å²) in [5.41, 5.74) is 7.94. The average molecular weight is 207 g/mol. The molecule has 0 fully saturated rings. The van der Waals surface area contributed by atoms with Gasteiger partial charge < -0.3 is 10.5 Å². The summed E-state index contributed by atoms with van der Waals surface area (Å²) >= 11 is 1.68. The third-order valence-corrected chi connectivity index (χ3v) is 3.46. The van der Waals surface area contributed by atoms with Crippen LogP contribution in [0.2, 0.25) is 0 Å². The topological polar surface area (TPSA) is 35.2 Å². The Bertz CT molecular complexity index is 462. The molecule has 0 atom stereocenters. The van der Waals surface area contributed by atoms with Crippen molar-refractivity contribution in [2.24, 2.45) is 0 Å². The Hall–Kier alpha value is -1.22. The largest absolute Gasteiger partial charge is 0.487 e. The van der Waals surface area contributed by atoms with E-state index in [2.05, 4.69) is 6.92 Å². The number of hydrogen-bond acceptors (Lipinski definition) is 3. The zero-order valence-corrected chi connectivity index (χ0v) is 9.15. The third kappa shape index (κ3) is 1.44. The fourth-order valence-corrected chi connectivity index (χ4v) is 2.63. The van der Waals surface area contributed by atoms with Crippen LogP contribution in [0.15, 0.2) is 18.2 Å². The Labute approximate surface area is 87.3 Å². The van der Waals surface area contributed by atoms with E-state index in [4.69, 9.17) is 10.5 Å². The normalized spacial score (nSPS) is 10.7. The maximum atomic E-state index is 5.81. The summed E-state index contributed by atoms with van der Waals surface area (Å²) < 4.78 is 6.51. The van der Waals surface area contributed by atoms with Crippen molar-refractivity contribution in [1.82, 2.24) is 0 Å². The zero-order valence-electron chi connectivity index (χ0n) is 8.33. The highest BCUT2D eigenvalue weighted by atomic mass is 32.1. The molecule has 1 aromatic heterocycles. The van der Waals surface area contributed by atoms with Crippen molar-refractivity contribution in [3.63, 3.8) is 0 Å². The van der Waals surface area contributed by atoms with E-state index in [1.807, 2.05) is 18.2 Å². The number of fused-ring (bicyclic) bond motifs is 1. The van der Waals surface area contributed by atoms with E-state index in [-0.39, 0.29) is 0 Å². The predicted molar refractivity (Wildman–Crippen MR) is 62.2 cm³/mol. The molecular formula is C11H13NOS. The lowest BCUT2D eigenvalue weighted by atomic mass is 10.1. The number of nitrogen functional groups attached to an aromatic ring is 1. The van der Waals surface area contributed by atoms with Gasteiger partial charge >= 0.3 is 0 Å². The van der Waals surface area contributed by atoms with Gasteiger partial charge in [-0.3, -0.25) is 0 Å². The van der Waals surface area contributed by atoms with Gasteiger partial charge in [0.15, 0.2) is 5.06 Å². The van der Waals surface area contributed by atoms with Crippen LogP contribution in [0, 0.1) is 0 Å². The minimum Gasteiger partial charge on any atom is -0.487 e. The van der Waals surface area contributed by atoms with Crippen LogP contribution in [0.1, 0.15) is 12.5 Å². The second-order valence-electron chi connectivity index (χ2n) is 3.22. The Balaban J connectivity index is 2.71. The van der Waals surface area contributed by atoms with Crippen molar-refractivity contribution >= 4 is 27.1 Å². The molecule has 0 bridgehead atoms. The molecule has 0 aliphatic heterocycles. The maximum absolute atomic E-state index is 5.81. The molecule has 14 heavy (non-hydrogen) atoms. The molecule has 0 aliphatic rings. The summed E-state index contributed by atoms with van der Waals surface area (Å²) in [5.74, 6) is 0. The Kier molecular flexibility index (Phi) is 2.33. The first-order chi connectivity index (χ1) is 6.74. The lowest BCUT2D eigenvalue weighted by Crippen LogP contribution is -1.87. The van der Waals surface area contributed by atoms with E-state index in [1.165, 1.54) is 15.6 Å². The highest BCUT2D eigenvalue weighted by Crippen LogP contribution is 2.35. The summed E-state index contributed by atoms with van der Waals surface area (Å²) in [5, 5.41) is 2.13. The molecule has 3 heteroatoms. The molecule has 2 aromatic rings. The summed E-state index contributed by atoms with van der Waals surface area (Å²) in [6, 6.07) is 6.07. The van der Waals surface area contributed by atoms with E-state index in [9.17, 15) is 0 Å². The third-order valence-electron chi connectivity index (χ3n) is 2.27. The van der Waals surface area contributed by atoms with Crippen molar-refractivity contribution in [3.8, 4) is 5.06 Å². The lowest BCUT2D eigenvalue weighted by molar-refractivity contribution is 0.427. The van der Waals surface area contributed by atoms with Gasteiger partial charge in [-0.05, 0) is 35.6 Å². The molecule has 0 spiro atoms. The number of methoxy groups -OCH3 is 1. The fourth-order valence-electron chi connectivity index (χ4n) is 1.59. The number of aryl methyl sites for hydroxylation is 1. The van der Waals surface area contributed by atoms with Crippen LogP contribution in [0.25, 0.3) is 10.1 Å². The summed E-state index contributed by atoms with van der Waals surface area (Å²) in [7, 11) is 1.69. The van der Waals surface area contributed by atoms with E-state index in [0.717, 1.165) is 17.2 Å². The van der Waals surface area contributed by atoms with E-state index >= 15 is 0 Å². The van der Waals surface area contributed by atoms with Crippen molar-refractivity contribution in [1.29, 1.82) is 0 Å². The minimum atomic E-state index is 0.829.